The quantitative estimate of drug-likeness (QED) is 0.770. The molecular formula is C19H22ClFN2O3S. The molecule has 146 valence electrons. The average Bonchev–Trinajstić information content (AvgIpc) is 2.53. The molecule has 5 nitrogen and oxygen atoms in total. The van der Waals surface area contributed by atoms with Gasteiger partial charge in [-0.1, -0.05) is 24.6 Å². The van der Waals surface area contributed by atoms with E-state index < -0.39 is 27.8 Å². The zero-order chi connectivity index (χ0) is 20.4. The van der Waals surface area contributed by atoms with Crippen LogP contribution in [0.2, 0.25) is 5.02 Å². The summed E-state index contributed by atoms with van der Waals surface area (Å²) in [4.78, 5) is 12.9. The van der Waals surface area contributed by atoms with Crippen LogP contribution in [0, 0.1) is 19.7 Å². The number of anilines is 2. The van der Waals surface area contributed by atoms with Crippen LogP contribution in [-0.4, -0.2) is 26.6 Å². The van der Waals surface area contributed by atoms with Crippen LogP contribution < -0.4 is 9.62 Å². The van der Waals surface area contributed by atoms with Crippen LogP contribution in [-0.2, 0) is 14.8 Å². The van der Waals surface area contributed by atoms with Gasteiger partial charge in [0.1, 0.15) is 11.9 Å². The van der Waals surface area contributed by atoms with Gasteiger partial charge in [0.2, 0.25) is 15.9 Å². The fraction of sp³-hybridized carbons (Fsp3) is 0.316. The number of carbonyl (C=O) groups is 1. The van der Waals surface area contributed by atoms with Gasteiger partial charge in [0, 0.05) is 5.69 Å². The third-order valence-corrected chi connectivity index (χ3v) is 5.45. The molecule has 1 N–H and O–H groups in total. The van der Waals surface area contributed by atoms with E-state index in [1.807, 2.05) is 19.9 Å². The van der Waals surface area contributed by atoms with Crippen molar-refractivity contribution < 1.29 is 17.6 Å². The van der Waals surface area contributed by atoms with Gasteiger partial charge in [-0.3, -0.25) is 9.10 Å². The monoisotopic (exact) mass is 412 g/mol. The Morgan fingerprint density at radius 2 is 1.78 bits per heavy atom. The fourth-order valence-corrected chi connectivity index (χ4v) is 4.33. The Hall–Kier alpha value is -2.12. The lowest BCUT2D eigenvalue weighted by Gasteiger charge is -2.30. The molecule has 8 heteroatoms. The second kappa shape index (κ2) is 8.27. The highest BCUT2D eigenvalue weighted by Gasteiger charge is 2.32. The van der Waals surface area contributed by atoms with Gasteiger partial charge >= 0.3 is 0 Å². The van der Waals surface area contributed by atoms with Crippen molar-refractivity contribution in [2.24, 2.45) is 0 Å². The Kier molecular flexibility index (Phi) is 6.49. The summed E-state index contributed by atoms with van der Waals surface area (Å²) in [5.41, 5.74) is 2.67. The largest absolute Gasteiger partial charge is 0.324 e. The molecule has 0 bridgehead atoms. The molecule has 2 aromatic carbocycles. The maximum atomic E-state index is 13.5. The first-order chi connectivity index (χ1) is 12.5. The van der Waals surface area contributed by atoms with E-state index in [-0.39, 0.29) is 17.1 Å². The van der Waals surface area contributed by atoms with Crippen LogP contribution in [0.15, 0.2) is 36.4 Å². The average molecular weight is 413 g/mol. The second-order valence-corrected chi connectivity index (χ2v) is 8.71. The molecule has 0 saturated carbocycles. The maximum absolute atomic E-state index is 13.5. The first kappa shape index (κ1) is 21.2. The van der Waals surface area contributed by atoms with Crippen LogP contribution in [0.4, 0.5) is 15.8 Å². The Morgan fingerprint density at radius 3 is 2.26 bits per heavy atom. The van der Waals surface area contributed by atoms with Crippen LogP contribution in [0.3, 0.4) is 0 Å². The standard InChI is InChI=1S/C19H22ClFN2O3S/c1-5-18(19(24)22-14-9-12(2)8-13(3)10-14)23(27(4,25)26)15-6-7-17(21)16(20)11-15/h6-11,18H,5H2,1-4H3,(H,22,24). The molecule has 27 heavy (non-hydrogen) atoms. The van der Waals surface area contributed by atoms with Gasteiger partial charge in [0.15, 0.2) is 0 Å². The van der Waals surface area contributed by atoms with E-state index in [4.69, 9.17) is 11.6 Å². The number of halogens is 2. The number of aryl methyl sites for hydroxylation is 2. The van der Waals surface area contributed by atoms with E-state index >= 15 is 0 Å². The van der Waals surface area contributed by atoms with Crippen LogP contribution in [0.25, 0.3) is 0 Å². The van der Waals surface area contributed by atoms with E-state index in [2.05, 4.69) is 5.32 Å². The van der Waals surface area contributed by atoms with Crippen LogP contribution in [0.5, 0.6) is 0 Å². The van der Waals surface area contributed by atoms with Gasteiger partial charge in [-0.15, -0.1) is 0 Å². The molecule has 0 aliphatic rings. The topological polar surface area (TPSA) is 66.5 Å². The number of benzene rings is 2. The highest BCUT2D eigenvalue weighted by Crippen LogP contribution is 2.28. The third kappa shape index (κ3) is 5.20. The van der Waals surface area contributed by atoms with E-state index in [1.54, 1.807) is 19.1 Å². The Bertz CT molecular complexity index is 943. The number of hydrogen-bond acceptors (Lipinski definition) is 3. The molecule has 0 aliphatic carbocycles. The minimum absolute atomic E-state index is 0.131. The second-order valence-electron chi connectivity index (χ2n) is 6.45. The molecule has 2 aromatic rings. The molecule has 0 fully saturated rings. The van der Waals surface area contributed by atoms with Gasteiger partial charge in [-0.05, 0) is 61.7 Å². The molecule has 0 heterocycles. The highest BCUT2D eigenvalue weighted by molar-refractivity contribution is 7.92. The van der Waals surface area contributed by atoms with Gasteiger partial charge in [0.25, 0.3) is 0 Å². The first-order valence-corrected chi connectivity index (χ1v) is 10.6. The molecule has 1 amide bonds. The third-order valence-electron chi connectivity index (χ3n) is 3.98. The maximum Gasteiger partial charge on any atom is 0.248 e. The van der Waals surface area contributed by atoms with E-state index in [1.165, 1.54) is 12.1 Å². The summed E-state index contributed by atoms with van der Waals surface area (Å²) in [7, 11) is -3.82. The minimum Gasteiger partial charge on any atom is -0.324 e. The predicted molar refractivity (Wildman–Crippen MR) is 107 cm³/mol. The van der Waals surface area contributed by atoms with E-state index in [0.717, 1.165) is 27.8 Å². The Balaban J connectivity index is 2.42. The molecule has 0 aliphatic heterocycles. The number of nitrogens with zero attached hydrogens (tertiary/aromatic N) is 1. The van der Waals surface area contributed by atoms with Crippen molar-refractivity contribution in [3.05, 3.63) is 58.4 Å². The Morgan fingerprint density at radius 1 is 1.19 bits per heavy atom. The van der Waals surface area contributed by atoms with Gasteiger partial charge in [0.05, 0.1) is 17.0 Å². The molecule has 0 radical (unpaired) electrons. The number of hydrogen-bond donors (Lipinski definition) is 1. The number of sulfonamides is 1. The van der Waals surface area contributed by atoms with Crippen LogP contribution >= 0.6 is 11.6 Å². The van der Waals surface area contributed by atoms with Crippen molar-refractivity contribution in [3.63, 3.8) is 0 Å². The molecular weight excluding hydrogens is 391 g/mol. The number of amides is 1. The van der Waals surface area contributed by atoms with Gasteiger partial charge in [-0.25, -0.2) is 12.8 Å². The summed E-state index contributed by atoms with van der Waals surface area (Å²) in [5.74, 6) is -1.14. The Labute approximate surface area is 164 Å². The lowest BCUT2D eigenvalue weighted by atomic mass is 10.1. The number of rotatable bonds is 6. The zero-order valence-corrected chi connectivity index (χ0v) is 17.2. The molecule has 2 rings (SSSR count). The van der Waals surface area contributed by atoms with Gasteiger partial charge < -0.3 is 5.32 Å². The highest BCUT2D eigenvalue weighted by atomic mass is 35.5. The fourth-order valence-electron chi connectivity index (χ4n) is 2.95. The van der Waals surface area contributed by atoms with E-state index in [0.29, 0.717) is 5.69 Å². The molecule has 1 atom stereocenters. The van der Waals surface area contributed by atoms with Crippen molar-refractivity contribution in [1.29, 1.82) is 0 Å². The summed E-state index contributed by atoms with van der Waals surface area (Å²) in [6.45, 7) is 5.52. The van der Waals surface area contributed by atoms with E-state index in [9.17, 15) is 17.6 Å². The summed E-state index contributed by atoms with van der Waals surface area (Å²) in [6, 6.07) is 8.12. The summed E-state index contributed by atoms with van der Waals surface area (Å²) in [5, 5.41) is 2.55. The lowest BCUT2D eigenvalue weighted by molar-refractivity contribution is -0.117. The SMILES string of the molecule is CCC(C(=O)Nc1cc(C)cc(C)c1)N(c1ccc(F)c(Cl)c1)S(C)(=O)=O. The normalized spacial score (nSPS) is 12.5. The van der Waals surface area contributed by atoms with Crippen LogP contribution in [0.1, 0.15) is 24.5 Å². The molecule has 0 spiro atoms. The minimum atomic E-state index is -3.82. The number of nitrogens with one attached hydrogen (secondary N) is 1. The van der Waals surface area contributed by atoms with Crippen molar-refractivity contribution in [2.45, 2.75) is 33.2 Å². The summed E-state index contributed by atoms with van der Waals surface area (Å²) < 4.78 is 39.3. The molecule has 1 unspecified atom stereocenters. The van der Waals surface area contributed by atoms with Crippen molar-refractivity contribution in [3.8, 4) is 0 Å². The van der Waals surface area contributed by atoms with Crippen molar-refractivity contribution >= 4 is 38.9 Å². The van der Waals surface area contributed by atoms with Crippen molar-refractivity contribution in [2.75, 3.05) is 15.9 Å². The van der Waals surface area contributed by atoms with Gasteiger partial charge in [-0.2, -0.15) is 0 Å². The predicted octanol–water partition coefficient (Wildman–Crippen LogP) is 4.28. The molecule has 0 aromatic heterocycles. The summed E-state index contributed by atoms with van der Waals surface area (Å²) in [6.07, 6.45) is 1.22. The molecule has 0 saturated heterocycles. The van der Waals surface area contributed by atoms with Crippen molar-refractivity contribution in [1.82, 2.24) is 0 Å². The smallest absolute Gasteiger partial charge is 0.248 e. The number of carbonyl (C=O) groups excluding carboxylic acids is 1. The lowest BCUT2D eigenvalue weighted by Crippen LogP contribution is -2.47. The first-order valence-electron chi connectivity index (χ1n) is 8.36. The zero-order valence-electron chi connectivity index (χ0n) is 15.6. The summed E-state index contributed by atoms with van der Waals surface area (Å²) >= 11 is 5.80.